The number of halogens is 1. The molecule has 0 bridgehead atoms. The minimum Gasteiger partial charge on any atom is -0.246 e. The summed E-state index contributed by atoms with van der Waals surface area (Å²) in [6, 6.07) is 25.8. The molecule has 0 spiro atoms. The van der Waals surface area contributed by atoms with Crippen molar-refractivity contribution >= 4 is 0 Å². The lowest BCUT2D eigenvalue weighted by molar-refractivity contribution is 0.302. The molecule has 0 aromatic heterocycles. The standard InChI is InChI=1S/C35H45F/c1-2-3-4-5-6-7-8-9-10-28-11-15-30(16-12-28)32-19-23-34(24-20-32)35-25-21-33(22-26-35)31-17-13-29(27-36)14-18-31/h13-14,17-26,28,30H,2-12,15-16,27H2,1H3. The van der Waals surface area contributed by atoms with Crippen LogP contribution < -0.4 is 0 Å². The first-order chi connectivity index (χ1) is 17.8. The lowest BCUT2D eigenvalue weighted by Crippen LogP contribution is -2.13. The predicted octanol–water partition coefficient (Wildman–Crippen LogP) is 11.3. The maximum absolute atomic E-state index is 12.8. The Balaban J connectivity index is 1.20. The Hall–Kier alpha value is -2.41. The third-order valence-electron chi connectivity index (χ3n) is 8.35. The molecule has 36 heavy (non-hydrogen) atoms. The quantitative estimate of drug-likeness (QED) is 0.212. The number of alkyl halides is 1. The summed E-state index contributed by atoms with van der Waals surface area (Å²) in [7, 11) is 0. The van der Waals surface area contributed by atoms with E-state index in [1.807, 2.05) is 24.3 Å². The summed E-state index contributed by atoms with van der Waals surface area (Å²) >= 11 is 0. The molecule has 192 valence electrons. The number of hydrogen-bond acceptors (Lipinski definition) is 0. The zero-order valence-corrected chi connectivity index (χ0v) is 22.4. The van der Waals surface area contributed by atoms with Crippen molar-refractivity contribution in [3.05, 3.63) is 83.9 Å². The molecule has 0 aliphatic heterocycles. The average Bonchev–Trinajstić information content (AvgIpc) is 2.95. The van der Waals surface area contributed by atoms with Crippen molar-refractivity contribution in [3.63, 3.8) is 0 Å². The van der Waals surface area contributed by atoms with Crippen molar-refractivity contribution in [2.45, 2.75) is 103 Å². The minimum atomic E-state index is -0.407. The van der Waals surface area contributed by atoms with Crippen molar-refractivity contribution in [3.8, 4) is 22.3 Å². The summed E-state index contributed by atoms with van der Waals surface area (Å²) in [5.41, 5.74) is 7.08. The van der Waals surface area contributed by atoms with Gasteiger partial charge in [-0.05, 0) is 70.9 Å². The molecule has 1 heteroatoms. The van der Waals surface area contributed by atoms with E-state index in [9.17, 15) is 4.39 Å². The summed E-state index contributed by atoms with van der Waals surface area (Å²) in [4.78, 5) is 0. The SMILES string of the molecule is CCCCCCCCCCC1CCC(c2ccc(-c3ccc(-c4ccc(CF)cc4)cc3)cc2)CC1. The van der Waals surface area contributed by atoms with Crippen LogP contribution in [0.5, 0.6) is 0 Å². The highest BCUT2D eigenvalue weighted by molar-refractivity contribution is 5.70. The molecule has 0 heterocycles. The zero-order valence-electron chi connectivity index (χ0n) is 22.4. The highest BCUT2D eigenvalue weighted by atomic mass is 19.1. The average molecular weight is 485 g/mol. The van der Waals surface area contributed by atoms with E-state index in [0.29, 0.717) is 0 Å². The Morgan fingerprint density at radius 3 is 1.50 bits per heavy atom. The van der Waals surface area contributed by atoms with Gasteiger partial charge in [-0.2, -0.15) is 0 Å². The van der Waals surface area contributed by atoms with Gasteiger partial charge < -0.3 is 0 Å². The van der Waals surface area contributed by atoms with Crippen LogP contribution in [0.1, 0.15) is 107 Å². The summed E-state index contributed by atoms with van der Waals surface area (Å²) in [6.07, 6.45) is 18.4. The van der Waals surface area contributed by atoms with E-state index in [1.165, 1.54) is 106 Å². The van der Waals surface area contributed by atoms with Crippen LogP contribution in [0.2, 0.25) is 0 Å². The molecule has 1 fully saturated rings. The van der Waals surface area contributed by atoms with Gasteiger partial charge in [0.15, 0.2) is 0 Å². The lowest BCUT2D eigenvalue weighted by Gasteiger charge is -2.29. The van der Waals surface area contributed by atoms with Gasteiger partial charge in [0.25, 0.3) is 0 Å². The van der Waals surface area contributed by atoms with Crippen molar-refractivity contribution < 1.29 is 4.39 Å². The number of rotatable bonds is 13. The fraction of sp³-hybridized carbons (Fsp3) is 0.486. The molecular formula is C35H45F. The van der Waals surface area contributed by atoms with Gasteiger partial charge >= 0.3 is 0 Å². The van der Waals surface area contributed by atoms with Crippen LogP contribution in [0.15, 0.2) is 72.8 Å². The Morgan fingerprint density at radius 1 is 0.556 bits per heavy atom. The number of unbranched alkanes of at least 4 members (excludes halogenated alkanes) is 7. The normalized spacial score (nSPS) is 17.8. The fourth-order valence-corrected chi connectivity index (χ4v) is 5.94. The Morgan fingerprint density at radius 2 is 1.00 bits per heavy atom. The molecule has 3 aromatic rings. The van der Waals surface area contributed by atoms with Gasteiger partial charge in [-0.25, -0.2) is 4.39 Å². The molecule has 0 saturated heterocycles. The van der Waals surface area contributed by atoms with Crippen LogP contribution in [0.25, 0.3) is 22.3 Å². The highest BCUT2D eigenvalue weighted by Gasteiger charge is 2.22. The predicted molar refractivity (Wildman–Crippen MR) is 154 cm³/mol. The Kier molecular flexibility index (Phi) is 10.6. The van der Waals surface area contributed by atoms with E-state index in [0.717, 1.165) is 23.0 Å². The summed E-state index contributed by atoms with van der Waals surface area (Å²) in [5.74, 6) is 1.70. The first kappa shape index (κ1) is 26.6. The molecule has 0 N–H and O–H groups in total. The summed E-state index contributed by atoms with van der Waals surface area (Å²) in [6.45, 7) is 1.89. The maximum atomic E-state index is 12.8. The van der Waals surface area contributed by atoms with E-state index in [-0.39, 0.29) is 0 Å². The molecule has 3 aromatic carbocycles. The molecule has 0 nitrogen and oxygen atoms in total. The molecule has 4 rings (SSSR count). The molecule has 0 radical (unpaired) electrons. The van der Waals surface area contributed by atoms with Crippen LogP contribution >= 0.6 is 0 Å². The largest absolute Gasteiger partial charge is 0.246 e. The maximum Gasteiger partial charge on any atom is 0.115 e. The van der Waals surface area contributed by atoms with Crippen molar-refractivity contribution in [1.29, 1.82) is 0 Å². The van der Waals surface area contributed by atoms with E-state index in [4.69, 9.17) is 0 Å². The van der Waals surface area contributed by atoms with Gasteiger partial charge in [0.1, 0.15) is 6.67 Å². The smallest absolute Gasteiger partial charge is 0.115 e. The fourth-order valence-electron chi connectivity index (χ4n) is 5.94. The van der Waals surface area contributed by atoms with Crippen molar-refractivity contribution in [1.82, 2.24) is 0 Å². The minimum absolute atomic E-state index is 0.407. The van der Waals surface area contributed by atoms with E-state index < -0.39 is 6.67 Å². The second kappa shape index (κ2) is 14.4. The third-order valence-corrected chi connectivity index (χ3v) is 8.35. The molecule has 0 atom stereocenters. The molecular weight excluding hydrogens is 439 g/mol. The topological polar surface area (TPSA) is 0 Å². The Bertz CT molecular complexity index is 992. The molecule has 0 amide bonds. The first-order valence-corrected chi connectivity index (χ1v) is 14.6. The van der Waals surface area contributed by atoms with Crippen LogP contribution in [0.3, 0.4) is 0 Å². The molecule has 1 saturated carbocycles. The Labute approximate surface area is 219 Å². The summed E-state index contributed by atoms with van der Waals surface area (Å²) in [5, 5.41) is 0. The molecule has 1 aliphatic carbocycles. The van der Waals surface area contributed by atoms with Gasteiger partial charge in [0.2, 0.25) is 0 Å². The van der Waals surface area contributed by atoms with Gasteiger partial charge in [-0.3, -0.25) is 0 Å². The van der Waals surface area contributed by atoms with Crippen LogP contribution in [0.4, 0.5) is 4.39 Å². The monoisotopic (exact) mass is 484 g/mol. The van der Waals surface area contributed by atoms with Gasteiger partial charge in [0, 0.05) is 0 Å². The molecule has 0 unspecified atom stereocenters. The highest BCUT2D eigenvalue weighted by Crippen LogP contribution is 2.38. The van der Waals surface area contributed by atoms with E-state index >= 15 is 0 Å². The van der Waals surface area contributed by atoms with Crippen molar-refractivity contribution in [2.75, 3.05) is 0 Å². The van der Waals surface area contributed by atoms with Crippen LogP contribution in [0, 0.1) is 5.92 Å². The number of hydrogen-bond donors (Lipinski definition) is 0. The zero-order chi connectivity index (χ0) is 25.0. The van der Waals surface area contributed by atoms with E-state index in [2.05, 4.69) is 55.5 Å². The van der Waals surface area contributed by atoms with E-state index in [1.54, 1.807) is 0 Å². The van der Waals surface area contributed by atoms with Crippen LogP contribution in [-0.2, 0) is 6.67 Å². The summed E-state index contributed by atoms with van der Waals surface area (Å²) < 4.78 is 12.8. The molecule has 1 aliphatic rings. The lowest BCUT2D eigenvalue weighted by atomic mass is 9.77. The van der Waals surface area contributed by atoms with Gasteiger partial charge in [-0.1, -0.05) is 138 Å². The van der Waals surface area contributed by atoms with Gasteiger partial charge in [-0.15, -0.1) is 0 Å². The van der Waals surface area contributed by atoms with Gasteiger partial charge in [0.05, 0.1) is 0 Å². The van der Waals surface area contributed by atoms with Crippen LogP contribution in [-0.4, -0.2) is 0 Å². The second-order valence-corrected chi connectivity index (χ2v) is 11.0. The third kappa shape index (κ3) is 7.79. The second-order valence-electron chi connectivity index (χ2n) is 11.0. The van der Waals surface area contributed by atoms with Crippen molar-refractivity contribution in [2.24, 2.45) is 5.92 Å². The number of benzene rings is 3. The first-order valence-electron chi connectivity index (χ1n) is 14.6.